The van der Waals surface area contributed by atoms with Gasteiger partial charge >= 0.3 is 17.6 Å². The molecule has 14 atom stereocenters. The topological polar surface area (TPSA) is 464 Å². The van der Waals surface area contributed by atoms with Crippen molar-refractivity contribution in [1.82, 2.24) is 34.8 Å². The number of amides is 1. The number of nitrogen functional groups attached to an aromatic ring is 1. The summed E-state index contributed by atoms with van der Waals surface area (Å²) in [6.45, 7) is 11.8. The Balaban J connectivity index is 0.000000181. The average Bonchev–Trinajstić information content (AvgIpc) is 1.50. The number of hydrogen-bond donors (Lipinski definition) is 14. The molecule has 1 aromatic carbocycles. The zero-order valence-corrected chi connectivity index (χ0v) is 59.6. The second-order valence-corrected chi connectivity index (χ2v) is 28.8. The number of benzene rings is 1. The largest absolute Gasteiger partial charge is 0.480 e. The van der Waals surface area contributed by atoms with Crippen LogP contribution in [0.4, 0.5) is 42.5 Å². The minimum Gasteiger partial charge on any atom is -0.480 e. The number of alkyl halides is 3. The van der Waals surface area contributed by atoms with Crippen molar-refractivity contribution in [2.75, 3.05) is 117 Å². The van der Waals surface area contributed by atoms with E-state index in [4.69, 9.17) is 46.4 Å². The van der Waals surface area contributed by atoms with Gasteiger partial charge < -0.3 is 97.3 Å². The highest BCUT2D eigenvalue weighted by Gasteiger charge is 2.75. The lowest BCUT2D eigenvalue weighted by molar-refractivity contribution is -0.219. The number of nitrogens with one attached hydrogen (secondary N) is 1. The number of ether oxygens (including phenoxy) is 1. The van der Waals surface area contributed by atoms with Gasteiger partial charge in [-0.05, 0) is 126 Å². The highest BCUT2D eigenvalue weighted by Crippen LogP contribution is 2.70. The molecule has 1 amide bonds. The van der Waals surface area contributed by atoms with E-state index in [1.165, 1.54) is 25.0 Å². The Labute approximate surface area is 601 Å². The molecule has 6 fully saturated rings. The van der Waals surface area contributed by atoms with E-state index in [2.05, 4.69) is 20.1 Å². The van der Waals surface area contributed by atoms with Gasteiger partial charge in [0.25, 0.3) is 5.91 Å². The van der Waals surface area contributed by atoms with E-state index in [1.807, 2.05) is 44.2 Å². The number of hydrogen-bond acceptors (Lipinski definition) is 27. The number of carbonyl (C=O) groups is 4. The molecule has 0 bridgehead atoms. The van der Waals surface area contributed by atoms with Crippen molar-refractivity contribution in [3.05, 3.63) is 82.4 Å². The summed E-state index contributed by atoms with van der Waals surface area (Å²) in [4.78, 5) is 90.0. The van der Waals surface area contributed by atoms with Crippen LogP contribution in [0.2, 0.25) is 0 Å². The summed E-state index contributed by atoms with van der Waals surface area (Å²) in [6, 6.07) is 8.59. The van der Waals surface area contributed by atoms with E-state index in [9.17, 15) is 78.7 Å². The maximum Gasteiger partial charge on any atom is 0.351 e. The third-order valence-electron chi connectivity index (χ3n) is 21.6. The van der Waals surface area contributed by atoms with Gasteiger partial charge in [0.2, 0.25) is 18.1 Å². The normalized spacial score (nSPS) is 28.4. The summed E-state index contributed by atoms with van der Waals surface area (Å²) < 4.78 is 49.6. The molecule has 3 saturated carbocycles. The number of allylic oxidation sites excluding steroid dienone is 4. The Morgan fingerprint density at radius 1 is 0.779 bits per heavy atom. The first kappa shape index (κ1) is 82.2. The van der Waals surface area contributed by atoms with Gasteiger partial charge in [-0.15, -0.1) is 0 Å². The fraction of sp³-hybridized carbons (Fsp3) is 0.662. The molecule has 104 heavy (non-hydrogen) atoms. The molecule has 11 rings (SSSR count). The van der Waals surface area contributed by atoms with Crippen LogP contribution in [-0.4, -0.2) is 255 Å². The van der Waals surface area contributed by atoms with Crippen molar-refractivity contribution in [2.45, 2.75) is 172 Å². The van der Waals surface area contributed by atoms with Gasteiger partial charge in [0.1, 0.15) is 47.3 Å². The minimum absolute atomic E-state index is 0.0676. The van der Waals surface area contributed by atoms with E-state index < -0.39 is 119 Å². The number of piperidine rings is 2. The lowest BCUT2D eigenvalue weighted by Gasteiger charge is -2.62. The maximum absolute atomic E-state index is 16.9. The summed E-state index contributed by atoms with van der Waals surface area (Å²) in [6.07, 6.45) is 5.54. The third kappa shape index (κ3) is 17.2. The molecule has 0 unspecified atom stereocenters. The van der Waals surface area contributed by atoms with E-state index >= 15 is 4.39 Å². The van der Waals surface area contributed by atoms with Crippen LogP contribution in [0.25, 0.3) is 11.0 Å². The van der Waals surface area contributed by atoms with Crippen LogP contribution in [0, 0.1) is 34.5 Å². The number of halogens is 3. The minimum atomic E-state index is -3.71. The number of aliphatic hydroxyl groups is 10. The monoisotopic (exact) mass is 1470 g/mol. The quantitative estimate of drug-likeness (QED) is 0.0467. The number of aromatic nitrogens is 6. The molecule has 16 N–H and O–H groups in total. The van der Waals surface area contributed by atoms with E-state index in [0.717, 1.165) is 81.3 Å². The number of anilines is 5. The van der Waals surface area contributed by atoms with Gasteiger partial charge in [0, 0.05) is 81.3 Å². The van der Waals surface area contributed by atoms with E-state index in [-0.39, 0.29) is 56.3 Å². The molecular formula is C71H104F3N13O17. The van der Waals surface area contributed by atoms with Crippen molar-refractivity contribution < 1.29 is 93.3 Å². The SMILES string of the molecule is CC(C)C[C@H](NC(=O)[C@@H](O)[C@H](N)Cc1ccccc1)C(=O)O.C[C@@H]1C[C@H]2[C@@H]3CCC4=CC(=O)C=C[C@]4(C)[C@@]3(F)[C@@H](O)C[C@]2(C)[C@@]1(O)C(=O)CO.Nc1ccn([C@@H]2O[C@H](CO)[C@@H](O)C2(F)F)c(=O)n1.OCCN(CCO)c1nc(N2CCCCC2)c2nc(N(CCO)CCO)nc(N3CCCCC3)c2n1. The van der Waals surface area contributed by atoms with Crippen LogP contribution in [0.15, 0.2) is 71.2 Å². The Kier molecular flexibility index (Phi) is 27.9. The van der Waals surface area contributed by atoms with Crippen molar-refractivity contribution in [1.29, 1.82) is 0 Å². The smallest absolute Gasteiger partial charge is 0.351 e. The van der Waals surface area contributed by atoms with Gasteiger partial charge in [0.05, 0.1) is 39.1 Å². The van der Waals surface area contributed by atoms with Gasteiger partial charge in [-0.1, -0.05) is 69.7 Å². The second kappa shape index (κ2) is 35.3. The van der Waals surface area contributed by atoms with Crippen LogP contribution < -0.4 is 42.1 Å². The Bertz CT molecular complexity index is 3620. The summed E-state index contributed by atoms with van der Waals surface area (Å²) in [5.74, 6) is -5.36. The molecule has 6 heterocycles. The fourth-order valence-corrected chi connectivity index (χ4v) is 16.1. The molecule has 7 aliphatic rings. The van der Waals surface area contributed by atoms with Crippen molar-refractivity contribution in [3.8, 4) is 0 Å². The highest BCUT2D eigenvalue weighted by molar-refractivity contribution is 6.01. The van der Waals surface area contributed by atoms with Crippen molar-refractivity contribution >= 4 is 63.8 Å². The Morgan fingerprint density at radius 2 is 1.32 bits per heavy atom. The standard InChI is InChI=1S/C24H40N8O4.C22H29FO5.C16H24N2O4.C9H11F2N3O4/c33-15-11-31(12-16-34)23-26-20-19(21(27-23)29-7-3-1-4-8-29)25-24(32(13-17-35)14-18-36)28-22(20)30-9-5-2-6-10-30;1-12-8-16-15-5-4-13-9-14(25)6-7-19(13,2)21(15,23)17(26)10-20(16,3)22(12,28)18(27)11-24;1-10(2)8-13(16(21)22)18-15(20)14(19)12(17)9-11-6-4-3-5-7-11;10-9(11)6(16)4(3-15)18-7(9)14-2-1-5(12)13-8(14)17/h33-36H,1-18H2;6-7,9,12,15-17,24,26,28H,4-5,8,10-11H2,1-3H3;3-7,10,12-14,19H,8-9,17H2,1-2H3,(H,18,20)(H,21,22);1-2,4,6-7,15-16H,3H2,(H2,12,13,17)/t;12-,15+,16+,17+,19+,20+,21+,22+;12-,13+,14+;4-,6-,7-/m.111/s1. The summed E-state index contributed by atoms with van der Waals surface area (Å²) >= 11 is 0. The molecule has 4 aromatic rings. The molecule has 3 aromatic heterocycles. The summed E-state index contributed by atoms with van der Waals surface area (Å²) in [5, 5.41) is 110. The lowest BCUT2D eigenvalue weighted by atomic mass is 9.44. The maximum atomic E-state index is 16.9. The number of aliphatic carboxylic acids is 1. The van der Waals surface area contributed by atoms with Crippen LogP contribution >= 0.6 is 0 Å². The molecule has 0 spiro atoms. The van der Waals surface area contributed by atoms with Crippen molar-refractivity contribution in [2.24, 2.45) is 40.2 Å². The van der Waals surface area contributed by atoms with Gasteiger partial charge in [-0.2, -0.15) is 23.7 Å². The molecule has 3 saturated heterocycles. The molecule has 33 heteroatoms. The van der Waals surface area contributed by atoms with E-state index in [1.54, 1.807) is 36.6 Å². The summed E-state index contributed by atoms with van der Waals surface area (Å²) in [7, 11) is 0. The van der Waals surface area contributed by atoms with Crippen LogP contribution in [0.1, 0.15) is 117 Å². The predicted molar refractivity (Wildman–Crippen MR) is 378 cm³/mol. The molecule has 576 valence electrons. The number of nitrogens with zero attached hydrogens (tertiary/aromatic N) is 10. The molecule has 0 radical (unpaired) electrons. The number of carbonyl (C=O) groups excluding carboxylic acids is 3. The van der Waals surface area contributed by atoms with Crippen LogP contribution in [0.3, 0.4) is 0 Å². The number of carboxylic acids is 1. The number of aliphatic hydroxyl groups excluding tert-OH is 9. The first-order chi connectivity index (χ1) is 49.3. The molecule has 3 aliphatic heterocycles. The number of carboxylic acid groups (broad SMARTS) is 1. The highest BCUT2D eigenvalue weighted by atomic mass is 19.3. The van der Waals surface area contributed by atoms with Gasteiger partial charge in [0.15, 0.2) is 35.0 Å². The lowest BCUT2D eigenvalue weighted by Crippen LogP contribution is -2.69. The zero-order chi connectivity index (χ0) is 76.2. The molecule has 4 aliphatic carbocycles. The predicted octanol–water partition coefficient (Wildman–Crippen LogP) is 1.12. The molecular weight excluding hydrogens is 1360 g/mol. The van der Waals surface area contributed by atoms with Gasteiger partial charge in [-0.25, -0.2) is 23.9 Å². The average molecular weight is 1470 g/mol. The number of ketones is 2. The first-order valence-electron chi connectivity index (χ1n) is 35.7. The second-order valence-electron chi connectivity index (χ2n) is 28.8. The Hall–Kier alpha value is -7.41. The van der Waals surface area contributed by atoms with Crippen LogP contribution in [-0.2, 0) is 30.3 Å². The summed E-state index contributed by atoms with van der Waals surface area (Å²) in [5.41, 5.74) is 7.09. The number of rotatable bonds is 24. The first-order valence-corrected chi connectivity index (χ1v) is 35.7. The number of fused-ring (bicyclic) bond motifs is 6. The fourth-order valence-electron chi connectivity index (χ4n) is 16.1. The van der Waals surface area contributed by atoms with Crippen molar-refractivity contribution in [3.63, 3.8) is 0 Å². The van der Waals surface area contributed by atoms with Crippen LogP contribution in [0.5, 0.6) is 0 Å². The van der Waals surface area contributed by atoms with E-state index in [0.29, 0.717) is 91.4 Å². The number of nitrogens with two attached hydrogens (primary N) is 2. The zero-order valence-electron chi connectivity index (χ0n) is 59.6. The third-order valence-corrected chi connectivity index (χ3v) is 21.6. The number of Topliss-reactive ketones (excluding diaryl/α,β-unsaturated/α-hetero) is 1. The van der Waals surface area contributed by atoms with Gasteiger partial charge in [-0.3, -0.25) is 19.0 Å². The Morgan fingerprint density at radius 3 is 1.79 bits per heavy atom. The molecule has 30 nitrogen and oxygen atoms in total.